The summed E-state index contributed by atoms with van der Waals surface area (Å²) in [7, 11) is 0. The zero-order valence-electron chi connectivity index (χ0n) is 21.8. The molecule has 0 aromatic heterocycles. The number of carbonyl (C=O) groups is 3. The summed E-state index contributed by atoms with van der Waals surface area (Å²) in [5.41, 5.74) is -0.724. The molecule has 3 atom stereocenters. The lowest BCUT2D eigenvalue weighted by atomic mass is 9.93. The fraction of sp³-hybridized carbons (Fsp3) is 0.323. The monoisotopic (exact) mass is 516 g/mol. The van der Waals surface area contributed by atoms with Gasteiger partial charge in [-0.05, 0) is 70.0 Å². The maximum absolute atomic E-state index is 13.0. The van der Waals surface area contributed by atoms with Crippen molar-refractivity contribution in [2.24, 2.45) is 0 Å². The maximum atomic E-state index is 13.0. The highest BCUT2D eigenvalue weighted by Crippen LogP contribution is 2.40. The Kier molecular flexibility index (Phi) is 8.27. The Morgan fingerprint density at radius 2 is 1.29 bits per heavy atom. The molecule has 198 valence electrons. The Hall–Kier alpha value is -3.97. The fourth-order valence-corrected chi connectivity index (χ4v) is 4.44. The molecule has 1 heterocycles. The van der Waals surface area contributed by atoms with Crippen LogP contribution in [0.1, 0.15) is 64.7 Å². The van der Waals surface area contributed by atoms with Crippen molar-refractivity contribution in [1.29, 1.82) is 0 Å². The summed E-state index contributed by atoms with van der Waals surface area (Å²) in [6.45, 7) is 5.22. The third kappa shape index (κ3) is 6.47. The van der Waals surface area contributed by atoms with E-state index in [0.717, 1.165) is 0 Å². The Morgan fingerprint density at radius 1 is 0.816 bits per heavy atom. The number of carbonyl (C=O) groups excluding carboxylic acids is 3. The minimum absolute atomic E-state index is 0.195. The van der Waals surface area contributed by atoms with Gasteiger partial charge in [-0.2, -0.15) is 0 Å². The van der Waals surface area contributed by atoms with Crippen molar-refractivity contribution in [3.8, 4) is 0 Å². The van der Waals surface area contributed by atoms with Crippen LogP contribution in [0.25, 0.3) is 0 Å². The summed E-state index contributed by atoms with van der Waals surface area (Å²) in [4.78, 5) is 38.3. The van der Waals surface area contributed by atoms with E-state index in [2.05, 4.69) is 0 Å². The minimum atomic E-state index is -0.984. The molecule has 1 saturated heterocycles. The third-order valence-corrected chi connectivity index (χ3v) is 6.77. The summed E-state index contributed by atoms with van der Waals surface area (Å²) in [6, 6.07) is 26.0. The predicted molar refractivity (Wildman–Crippen MR) is 141 cm³/mol. The molecule has 0 unspecified atom stereocenters. The maximum Gasteiger partial charge on any atom is 0.338 e. The standard InChI is InChI=1S/C31H32O7/c1-30(2,38-29(34)24-17-11-6-12-18-24)25-19-20-31(3,37-25)26(36-28(33)23-15-9-5-10-16-23)21-35-27(32)22-13-7-4-8-14-22/h4-18,25-26H,19-21H2,1-3H3/t25-,26+,31-/m1/s1. The zero-order valence-corrected chi connectivity index (χ0v) is 21.8. The lowest BCUT2D eigenvalue weighted by Gasteiger charge is -2.36. The van der Waals surface area contributed by atoms with Crippen molar-refractivity contribution in [3.63, 3.8) is 0 Å². The molecule has 7 heteroatoms. The van der Waals surface area contributed by atoms with Crippen LogP contribution in [0.5, 0.6) is 0 Å². The van der Waals surface area contributed by atoms with Crippen LogP contribution in [0.15, 0.2) is 91.0 Å². The van der Waals surface area contributed by atoms with Gasteiger partial charge in [0.05, 0.1) is 22.8 Å². The summed E-state index contributed by atoms with van der Waals surface area (Å²) in [5, 5.41) is 0. The van der Waals surface area contributed by atoms with Gasteiger partial charge < -0.3 is 18.9 Å². The molecule has 3 aromatic carbocycles. The van der Waals surface area contributed by atoms with E-state index in [1.165, 1.54) is 0 Å². The van der Waals surface area contributed by atoms with E-state index in [9.17, 15) is 14.4 Å². The Labute approximate surface area is 222 Å². The molecule has 38 heavy (non-hydrogen) atoms. The molecule has 0 radical (unpaired) electrons. The molecule has 0 aliphatic carbocycles. The van der Waals surface area contributed by atoms with Gasteiger partial charge in [-0.1, -0.05) is 54.6 Å². The lowest BCUT2D eigenvalue weighted by Crippen LogP contribution is -2.49. The summed E-state index contributed by atoms with van der Waals surface area (Å²) in [6.07, 6.45) is -0.312. The van der Waals surface area contributed by atoms with Crippen molar-refractivity contribution >= 4 is 17.9 Å². The van der Waals surface area contributed by atoms with Gasteiger partial charge in [-0.15, -0.1) is 0 Å². The third-order valence-electron chi connectivity index (χ3n) is 6.77. The Balaban J connectivity index is 1.49. The summed E-state index contributed by atoms with van der Waals surface area (Å²) in [5.74, 6) is -1.52. The van der Waals surface area contributed by atoms with Gasteiger partial charge in [0, 0.05) is 0 Å². The fourth-order valence-electron chi connectivity index (χ4n) is 4.44. The van der Waals surface area contributed by atoms with Gasteiger partial charge in [-0.25, -0.2) is 14.4 Å². The molecule has 0 spiro atoms. The molecule has 7 nitrogen and oxygen atoms in total. The average molecular weight is 517 g/mol. The first-order valence-electron chi connectivity index (χ1n) is 12.6. The highest BCUT2D eigenvalue weighted by molar-refractivity contribution is 5.90. The molecule has 3 aromatic rings. The van der Waals surface area contributed by atoms with E-state index in [-0.39, 0.29) is 6.61 Å². The minimum Gasteiger partial charge on any atom is -0.458 e. The number of esters is 3. The van der Waals surface area contributed by atoms with Crippen molar-refractivity contribution < 1.29 is 33.3 Å². The highest BCUT2D eigenvalue weighted by atomic mass is 16.6. The van der Waals surface area contributed by atoms with E-state index in [4.69, 9.17) is 18.9 Å². The molecule has 0 amide bonds. The SMILES string of the molecule is CC(C)(OC(=O)c1ccccc1)[C@H]1CC[C@](C)([C@H](COC(=O)c2ccccc2)OC(=O)c2ccccc2)O1. The first-order chi connectivity index (χ1) is 18.2. The number of rotatable bonds is 9. The highest BCUT2D eigenvalue weighted by Gasteiger charge is 2.50. The zero-order chi connectivity index (χ0) is 27.2. The Bertz CT molecular complexity index is 1240. The van der Waals surface area contributed by atoms with Crippen LogP contribution in [-0.4, -0.2) is 47.9 Å². The van der Waals surface area contributed by atoms with Crippen LogP contribution in [0.2, 0.25) is 0 Å². The van der Waals surface area contributed by atoms with E-state index in [1.54, 1.807) is 98.8 Å². The van der Waals surface area contributed by atoms with E-state index in [0.29, 0.717) is 29.5 Å². The molecule has 1 fully saturated rings. The van der Waals surface area contributed by atoms with Crippen LogP contribution >= 0.6 is 0 Å². The molecule has 1 aliphatic rings. The lowest BCUT2D eigenvalue weighted by molar-refractivity contribution is -0.163. The molecular weight excluding hydrogens is 484 g/mol. The molecule has 0 bridgehead atoms. The van der Waals surface area contributed by atoms with Crippen LogP contribution in [0.4, 0.5) is 0 Å². The summed E-state index contributed by atoms with van der Waals surface area (Å²) >= 11 is 0. The van der Waals surface area contributed by atoms with Crippen molar-refractivity contribution in [2.75, 3.05) is 6.61 Å². The smallest absolute Gasteiger partial charge is 0.338 e. The number of hydrogen-bond acceptors (Lipinski definition) is 7. The average Bonchev–Trinajstić information content (AvgIpc) is 3.36. The Morgan fingerprint density at radius 3 is 1.82 bits per heavy atom. The van der Waals surface area contributed by atoms with Gasteiger partial charge in [0.2, 0.25) is 0 Å². The quantitative estimate of drug-likeness (QED) is 0.269. The van der Waals surface area contributed by atoms with Crippen molar-refractivity contribution in [1.82, 2.24) is 0 Å². The van der Waals surface area contributed by atoms with Gasteiger partial charge in [-0.3, -0.25) is 0 Å². The van der Waals surface area contributed by atoms with Gasteiger partial charge in [0.25, 0.3) is 0 Å². The second-order valence-corrected chi connectivity index (χ2v) is 10.0. The molecular formula is C31H32O7. The molecule has 0 N–H and O–H groups in total. The van der Waals surface area contributed by atoms with Crippen LogP contribution in [0.3, 0.4) is 0 Å². The van der Waals surface area contributed by atoms with E-state index >= 15 is 0 Å². The van der Waals surface area contributed by atoms with Crippen molar-refractivity contribution in [3.05, 3.63) is 108 Å². The number of benzene rings is 3. The van der Waals surface area contributed by atoms with Gasteiger partial charge >= 0.3 is 17.9 Å². The second-order valence-electron chi connectivity index (χ2n) is 10.0. The number of hydrogen-bond donors (Lipinski definition) is 0. The van der Waals surface area contributed by atoms with Crippen LogP contribution in [-0.2, 0) is 18.9 Å². The van der Waals surface area contributed by atoms with Gasteiger partial charge in [0.1, 0.15) is 17.8 Å². The van der Waals surface area contributed by atoms with Gasteiger partial charge in [0.15, 0.2) is 6.10 Å². The first kappa shape index (κ1) is 27.1. The molecule has 1 aliphatic heterocycles. The summed E-state index contributed by atoms with van der Waals surface area (Å²) < 4.78 is 23.7. The predicted octanol–water partition coefficient (Wildman–Crippen LogP) is 5.64. The first-order valence-corrected chi connectivity index (χ1v) is 12.6. The van der Waals surface area contributed by atoms with Crippen molar-refractivity contribution in [2.45, 2.75) is 57.0 Å². The van der Waals surface area contributed by atoms with Crippen LogP contribution < -0.4 is 0 Å². The largest absolute Gasteiger partial charge is 0.458 e. The van der Waals surface area contributed by atoms with E-state index in [1.807, 2.05) is 13.0 Å². The van der Waals surface area contributed by atoms with E-state index < -0.39 is 41.3 Å². The molecule has 4 rings (SSSR count). The van der Waals surface area contributed by atoms with Crippen LogP contribution in [0, 0.1) is 0 Å². The number of ether oxygens (including phenoxy) is 4. The topological polar surface area (TPSA) is 88.1 Å². The normalized spacial score (nSPS) is 19.8. The second kappa shape index (κ2) is 11.6. The molecule has 0 saturated carbocycles.